The van der Waals surface area contributed by atoms with Gasteiger partial charge in [0, 0.05) is 43.8 Å². The van der Waals surface area contributed by atoms with Crippen LogP contribution < -0.4 is 4.90 Å². The Kier molecular flexibility index (Phi) is 4.35. The average molecular weight is 327 g/mol. The van der Waals surface area contributed by atoms with Crippen molar-refractivity contribution in [2.45, 2.75) is 12.7 Å². The van der Waals surface area contributed by atoms with Crippen LogP contribution in [0.15, 0.2) is 35.2 Å². The number of piperazine rings is 1. The lowest BCUT2D eigenvalue weighted by molar-refractivity contribution is -0.137. The first-order valence-corrected chi connectivity index (χ1v) is 7.98. The lowest BCUT2D eigenvalue weighted by Gasteiger charge is -2.36. The van der Waals surface area contributed by atoms with Gasteiger partial charge in [-0.05, 0) is 18.2 Å². The number of hydrogen-bond acceptors (Lipinski definition) is 4. The van der Waals surface area contributed by atoms with E-state index in [1.807, 2.05) is 15.8 Å². The summed E-state index contributed by atoms with van der Waals surface area (Å²) in [7, 11) is 0. The van der Waals surface area contributed by atoms with E-state index in [0.29, 0.717) is 5.69 Å². The van der Waals surface area contributed by atoms with Gasteiger partial charge in [-0.15, -0.1) is 11.3 Å². The third-order valence-corrected chi connectivity index (χ3v) is 4.42. The van der Waals surface area contributed by atoms with Crippen molar-refractivity contribution in [3.8, 4) is 0 Å². The van der Waals surface area contributed by atoms with Crippen molar-refractivity contribution in [3.05, 3.63) is 46.4 Å². The smallest absolute Gasteiger partial charge is 0.369 e. The Hall–Kier alpha value is -1.60. The molecule has 1 aliphatic rings. The molecule has 3 nitrogen and oxygen atoms in total. The molecule has 1 fully saturated rings. The molecule has 1 aliphatic heterocycles. The van der Waals surface area contributed by atoms with E-state index in [1.165, 1.54) is 12.1 Å². The van der Waals surface area contributed by atoms with Gasteiger partial charge >= 0.3 is 6.18 Å². The van der Waals surface area contributed by atoms with Crippen LogP contribution in [0.2, 0.25) is 0 Å². The molecule has 22 heavy (non-hydrogen) atoms. The van der Waals surface area contributed by atoms with Crippen LogP contribution >= 0.6 is 11.3 Å². The van der Waals surface area contributed by atoms with E-state index in [4.69, 9.17) is 0 Å². The van der Waals surface area contributed by atoms with Crippen LogP contribution in [0.5, 0.6) is 0 Å². The third-order valence-electron chi connectivity index (χ3n) is 3.78. The molecule has 1 aromatic heterocycles. The molecule has 1 aromatic carbocycles. The van der Waals surface area contributed by atoms with Crippen LogP contribution in [0.25, 0.3) is 0 Å². The molecule has 0 spiro atoms. The van der Waals surface area contributed by atoms with E-state index in [0.717, 1.165) is 44.5 Å². The molecule has 0 N–H and O–H groups in total. The monoisotopic (exact) mass is 327 g/mol. The van der Waals surface area contributed by atoms with Crippen LogP contribution in [-0.4, -0.2) is 36.1 Å². The van der Waals surface area contributed by atoms with Crippen molar-refractivity contribution in [1.29, 1.82) is 0 Å². The van der Waals surface area contributed by atoms with Crippen LogP contribution in [0, 0.1) is 0 Å². The topological polar surface area (TPSA) is 19.4 Å². The number of benzene rings is 1. The summed E-state index contributed by atoms with van der Waals surface area (Å²) in [6.45, 7) is 3.92. The van der Waals surface area contributed by atoms with Gasteiger partial charge in [-0.1, -0.05) is 6.07 Å². The van der Waals surface area contributed by atoms with Crippen LogP contribution in [0.1, 0.15) is 11.3 Å². The number of halogens is 3. The summed E-state index contributed by atoms with van der Waals surface area (Å²) in [5.41, 5.74) is 2.92. The summed E-state index contributed by atoms with van der Waals surface area (Å²) < 4.78 is 38.3. The van der Waals surface area contributed by atoms with E-state index >= 15 is 0 Å². The first-order chi connectivity index (χ1) is 10.5. The number of thiazole rings is 1. The molecule has 7 heteroatoms. The van der Waals surface area contributed by atoms with Gasteiger partial charge in [-0.25, -0.2) is 4.98 Å². The maximum absolute atomic E-state index is 12.8. The fraction of sp³-hybridized carbons (Fsp3) is 0.400. The molecule has 0 atom stereocenters. The fourth-order valence-electron chi connectivity index (χ4n) is 2.59. The summed E-state index contributed by atoms with van der Waals surface area (Å²) >= 11 is 1.57. The van der Waals surface area contributed by atoms with E-state index in [9.17, 15) is 13.2 Å². The Balaban J connectivity index is 1.61. The molecule has 3 rings (SSSR count). The van der Waals surface area contributed by atoms with Crippen LogP contribution in [-0.2, 0) is 12.7 Å². The summed E-state index contributed by atoms with van der Waals surface area (Å²) in [4.78, 5) is 8.55. The molecule has 0 unspecified atom stereocenters. The number of aromatic nitrogens is 1. The number of anilines is 1. The van der Waals surface area contributed by atoms with Gasteiger partial charge in [0.2, 0.25) is 0 Å². The minimum absolute atomic E-state index is 0.588. The Bertz CT molecular complexity index is 605. The van der Waals surface area contributed by atoms with Gasteiger partial charge in [-0.2, -0.15) is 13.2 Å². The minimum atomic E-state index is -4.29. The Labute approximate surface area is 131 Å². The molecule has 1 saturated heterocycles. The molecule has 118 valence electrons. The number of rotatable bonds is 3. The van der Waals surface area contributed by atoms with Gasteiger partial charge in [0.25, 0.3) is 0 Å². The Morgan fingerprint density at radius 2 is 1.91 bits per heavy atom. The van der Waals surface area contributed by atoms with Crippen molar-refractivity contribution in [1.82, 2.24) is 9.88 Å². The predicted molar refractivity (Wildman–Crippen MR) is 81.0 cm³/mol. The fourth-order valence-corrected chi connectivity index (χ4v) is 3.14. The SMILES string of the molecule is FC(F)(F)c1cccc(N2CCN(Cc3cscn3)CC2)c1. The van der Waals surface area contributed by atoms with Crippen molar-refractivity contribution in [2.75, 3.05) is 31.1 Å². The molecule has 2 heterocycles. The van der Waals surface area contributed by atoms with Crippen molar-refractivity contribution >= 4 is 17.0 Å². The highest BCUT2D eigenvalue weighted by Crippen LogP contribution is 2.31. The van der Waals surface area contributed by atoms with Gasteiger partial charge in [-0.3, -0.25) is 4.90 Å². The second-order valence-electron chi connectivity index (χ2n) is 5.29. The molecule has 0 saturated carbocycles. The van der Waals surface area contributed by atoms with E-state index < -0.39 is 11.7 Å². The first kappa shape index (κ1) is 15.3. The van der Waals surface area contributed by atoms with E-state index in [-0.39, 0.29) is 0 Å². The second-order valence-corrected chi connectivity index (χ2v) is 6.01. The zero-order chi connectivity index (χ0) is 15.6. The summed E-state index contributed by atoms with van der Waals surface area (Å²) in [6, 6.07) is 5.56. The van der Waals surface area contributed by atoms with Gasteiger partial charge < -0.3 is 4.90 Å². The first-order valence-electron chi connectivity index (χ1n) is 7.04. The summed E-state index contributed by atoms with van der Waals surface area (Å²) in [6.07, 6.45) is -4.29. The lowest BCUT2D eigenvalue weighted by Crippen LogP contribution is -2.46. The van der Waals surface area contributed by atoms with E-state index in [1.54, 1.807) is 17.4 Å². The predicted octanol–water partition coefficient (Wildman–Crippen LogP) is 3.48. The molecule has 0 amide bonds. The Morgan fingerprint density at radius 1 is 1.14 bits per heavy atom. The molecular formula is C15H16F3N3S. The number of hydrogen-bond donors (Lipinski definition) is 0. The maximum Gasteiger partial charge on any atom is 0.416 e. The van der Waals surface area contributed by atoms with E-state index in [2.05, 4.69) is 9.88 Å². The van der Waals surface area contributed by atoms with Crippen molar-refractivity contribution in [2.24, 2.45) is 0 Å². The molecule has 0 radical (unpaired) electrons. The lowest BCUT2D eigenvalue weighted by atomic mass is 10.1. The summed E-state index contributed by atoms with van der Waals surface area (Å²) in [5, 5.41) is 2.03. The zero-order valence-electron chi connectivity index (χ0n) is 11.9. The van der Waals surface area contributed by atoms with Gasteiger partial charge in [0.15, 0.2) is 0 Å². The molecule has 2 aromatic rings. The van der Waals surface area contributed by atoms with Gasteiger partial charge in [0.05, 0.1) is 16.8 Å². The highest BCUT2D eigenvalue weighted by Gasteiger charge is 2.31. The van der Waals surface area contributed by atoms with Crippen molar-refractivity contribution in [3.63, 3.8) is 0 Å². The molecular weight excluding hydrogens is 311 g/mol. The zero-order valence-corrected chi connectivity index (χ0v) is 12.7. The normalized spacial score (nSPS) is 17.0. The van der Waals surface area contributed by atoms with Crippen LogP contribution in [0.3, 0.4) is 0 Å². The summed E-state index contributed by atoms with van der Waals surface area (Å²) in [5.74, 6) is 0. The second kappa shape index (κ2) is 6.26. The highest BCUT2D eigenvalue weighted by molar-refractivity contribution is 7.07. The average Bonchev–Trinajstić information content (AvgIpc) is 3.00. The van der Waals surface area contributed by atoms with Crippen molar-refractivity contribution < 1.29 is 13.2 Å². The maximum atomic E-state index is 12.8. The minimum Gasteiger partial charge on any atom is -0.369 e. The third kappa shape index (κ3) is 3.59. The molecule has 0 aliphatic carbocycles. The number of alkyl halides is 3. The largest absolute Gasteiger partial charge is 0.416 e. The van der Waals surface area contributed by atoms with Crippen LogP contribution in [0.4, 0.5) is 18.9 Å². The Morgan fingerprint density at radius 3 is 2.55 bits per heavy atom. The van der Waals surface area contributed by atoms with Gasteiger partial charge in [0.1, 0.15) is 0 Å². The number of nitrogens with zero attached hydrogens (tertiary/aromatic N) is 3. The highest BCUT2D eigenvalue weighted by atomic mass is 32.1. The standard InChI is InChI=1S/C15H16F3N3S/c16-15(17,18)12-2-1-3-14(8-12)21-6-4-20(5-7-21)9-13-10-22-11-19-13/h1-3,8,10-11H,4-7,9H2. The molecule has 0 bridgehead atoms. The quantitative estimate of drug-likeness (QED) is 0.860.